The van der Waals surface area contributed by atoms with Crippen molar-refractivity contribution in [2.75, 3.05) is 20.2 Å². The van der Waals surface area contributed by atoms with E-state index in [0.717, 1.165) is 11.3 Å². The summed E-state index contributed by atoms with van der Waals surface area (Å²) in [7, 11) is 1.67. The molecular formula is C13H18N2O2. The van der Waals surface area contributed by atoms with Crippen molar-refractivity contribution in [1.29, 1.82) is 0 Å². The second kappa shape index (κ2) is 5.19. The Morgan fingerprint density at radius 3 is 3.00 bits per heavy atom. The van der Waals surface area contributed by atoms with E-state index in [1.165, 1.54) is 5.56 Å². The minimum atomic E-state index is 0.103. The zero-order valence-electron chi connectivity index (χ0n) is 10.2. The lowest BCUT2D eigenvalue weighted by Crippen LogP contribution is -2.29. The molecule has 0 aromatic heterocycles. The van der Waals surface area contributed by atoms with E-state index >= 15 is 0 Å². The number of carbonyl (C=O) groups excluding carboxylic acids is 1. The van der Waals surface area contributed by atoms with Crippen molar-refractivity contribution in [3.05, 3.63) is 29.3 Å². The predicted molar refractivity (Wildman–Crippen MR) is 66.1 cm³/mol. The van der Waals surface area contributed by atoms with Crippen LogP contribution in [0, 0.1) is 6.92 Å². The van der Waals surface area contributed by atoms with E-state index in [4.69, 9.17) is 4.74 Å². The Hall–Kier alpha value is -1.55. The summed E-state index contributed by atoms with van der Waals surface area (Å²) in [5.41, 5.74) is 2.30. The van der Waals surface area contributed by atoms with Gasteiger partial charge in [0.05, 0.1) is 13.2 Å². The van der Waals surface area contributed by atoms with Crippen molar-refractivity contribution in [2.24, 2.45) is 0 Å². The van der Waals surface area contributed by atoms with Gasteiger partial charge in [-0.25, -0.2) is 0 Å². The summed E-state index contributed by atoms with van der Waals surface area (Å²) >= 11 is 0. The quantitative estimate of drug-likeness (QED) is 0.807. The molecule has 2 N–H and O–H groups in total. The fourth-order valence-electron chi connectivity index (χ4n) is 2.08. The molecule has 1 aromatic rings. The topological polar surface area (TPSA) is 50.4 Å². The molecule has 0 saturated carbocycles. The molecule has 2 rings (SSSR count). The smallest absolute Gasteiger partial charge is 0.221 e. The van der Waals surface area contributed by atoms with Crippen LogP contribution < -0.4 is 15.4 Å². The van der Waals surface area contributed by atoms with Gasteiger partial charge in [0.2, 0.25) is 5.91 Å². The summed E-state index contributed by atoms with van der Waals surface area (Å²) < 4.78 is 5.37. The maximum absolute atomic E-state index is 11.3. The number of aryl methyl sites for hydroxylation is 1. The standard InChI is InChI=1S/C13H18N2O2/c1-9-3-4-12(17-2)10(7-9)11-8-15-13(16)5-6-14-11/h3-4,7,11,14H,5-6,8H2,1-2H3,(H,15,16). The number of rotatable bonds is 2. The van der Waals surface area contributed by atoms with Gasteiger partial charge in [-0.3, -0.25) is 4.79 Å². The Bertz CT molecular complexity index is 418. The van der Waals surface area contributed by atoms with Crippen LogP contribution in [0.3, 0.4) is 0 Å². The molecule has 92 valence electrons. The number of hydrogen-bond acceptors (Lipinski definition) is 3. The lowest BCUT2D eigenvalue weighted by molar-refractivity contribution is -0.120. The van der Waals surface area contributed by atoms with Crippen molar-refractivity contribution < 1.29 is 9.53 Å². The van der Waals surface area contributed by atoms with Crippen molar-refractivity contribution >= 4 is 5.91 Å². The van der Waals surface area contributed by atoms with Crippen LogP contribution in [0.5, 0.6) is 5.75 Å². The Labute approximate surface area is 101 Å². The minimum absolute atomic E-state index is 0.103. The van der Waals surface area contributed by atoms with Gasteiger partial charge in [0.15, 0.2) is 0 Å². The van der Waals surface area contributed by atoms with Crippen LogP contribution in [0.2, 0.25) is 0 Å². The van der Waals surface area contributed by atoms with Gasteiger partial charge in [0, 0.05) is 25.1 Å². The van der Waals surface area contributed by atoms with Crippen molar-refractivity contribution in [3.8, 4) is 5.75 Å². The molecule has 1 aliphatic rings. The van der Waals surface area contributed by atoms with E-state index in [0.29, 0.717) is 19.5 Å². The largest absolute Gasteiger partial charge is 0.496 e. The third-order valence-corrected chi connectivity index (χ3v) is 3.01. The highest BCUT2D eigenvalue weighted by Crippen LogP contribution is 2.26. The van der Waals surface area contributed by atoms with Gasteiger partial charge in [0.25, 0.3) is 0 Å². The van der Waals surface area contributed by atoms with E-state index in [9.17, 15) is 4.79 Å². The highest BCUT2D eigenvalue weighted by atomic mass is 16.5. The van der Waals surface area contributed by atoms with Crippen molar-refractivity contribution in [2.45, 2.75) is 19.4 Å². The molecule has 0 aliphatic carbocycles. The highest BCUT2D eigenvalue weighted by Gasteiger charge is 2.19. The number of nitrogens with one attached hydrogen (secondary N) is 2. The average molecular weight is 234 g/mol. The maximum Gasteiger partial charge on any atom is 0.221 e. The van der Waals surface area contributed by atoms with Gasteiger partial charge in [-0.05, 0) is 13.0 Å². The molecule has 1 atom stereocenters. The van der Waals surface area contributed by atoms with Gasteiger partial charge in [-0.15, -0.1) is 0 Å². The molecule has 4 nitrogen and oxygen atoms in total. The number of ether oxygens (including phenoxy) is 1. The zero-order chi connectivity index (χ0) is 12.3. The summed E-state index contributed by atoms with van der Waals surface area (Å²) in [6.45, 7) is 3.37. The molecule has 4 heteroatoms. The first-order valence-electron chi connectivity index (χ1n) is 5.85. The summed E-state index contributed by atoms with van der Waals surface area (Å²) in [4.78, 5) is 11.3. The molecule has 1 unspecified atom stereocenters. The Kier molecular flexibility index (Phi) is 3.64. The molecular weight excluding hydrogens is 216 g/mol. The molecule has 1 heterocycles. The molecule has 1 aliphatic heterocycles. The molecule has 1 aromatic carbocycles. The minimum Gasteiger partial charge on any atom is -0.496 e. The molecule has 1 amide bonds. The first kappa shape index (κ1) is 11.9. The van der Waals surface area contributed by atoms with Crippen LogP contribution >= 0.6 is 0 Å². The zero-order valence-corrected chi connectivity index (χ0v) is 10.2. The average Bonchev–Trinajstić information content (AvgIpc) is 2.54. The van der Waals surface area contributed by atoms with Crippen LogP contribution in [-0.2, 0) is 4.79 Å². The van der Waals surface area contributed by atoms with Crippen molar-refractivity contribution in [1.82, 2.24) is 10.6 Å². The molecule has 0 radical (unpaired) electrons. The maximum atomic E-state index is 11.3. The Morgan fingerprint density at radius 1 is 1.41 bits per heavy atom. The Balaban J connectivity index is 2.25. The monoisotopic (exact) mass is 234 g/mol. The predicted octanol–water partition coefficient (Wildman–Crippen LogP) is 1.15. The van der Waals surface area contributed by atoms with E-state index < -0.39 is 0 Å². The van der Waals surface area contributed by atoms with Crippen LogP contribution in [0.15, 0.2) is 18.2 Å². The fourth-order valence-corrected chi connectivity index (χ4v) is 2.08. The van der Waals surface area contributed by atoms with E-state index in [1.807, 2.05) is 12.1 Å². The van der Waals surface area contributed by atoms with Gasteiger partial charge in [0.1, 0.15) is 5.75 Å². The van der Waals surface area contributed by atoms with Gasteiger partial charge in [-0.2, -0.15) is 0 Å². The summed E-state index contributed by atoms with van der Waals surface area (Å²) in [5, 5.41) is 6.27. The van der Waals surface area contributed by atoms with Gasteiger partial charge >= 0.3 is 0 Å². The molecule has 0 bridgehead atoms. The van der Waals surface area contributed by atoms with E-state index in [1.54, 1.807) is 7.11 Å². The number of carbonyl (C=O) groups is 1. The summed E-state index contributed by atoms with van der Waals surface area (Å²) in [5.74, 6) is 0.968. The van der Waals surface area contributed by atoms with E-state index in [-0.39, 0.29) is 11.9 Å². The first-order chi connectivity index (χ1) is 8.20. The normalized spacial score (nSPS) is 20.6. The SMILES string of the molecule is COc1ccc(C)cc1C1CNC(=O)CCN1. The second-order valence-electron chi connectivity index (χ2n) is 4.31. The third-order valence-electron chi connectivity index (χ3n) is 3.01. The lowest BCUT2D eigenvalue weighted by Gasteiger charge is -2.19. The molecule has 0 spiro atoms. The number of hydrogen-bond donors (Lipinski definition) is 2. The molecule has 1 saturated heterocycles. The highest BCUT2D eigenvalue weighted by molar-refractivity contribution is 5.76. The number of benzene rings is 1. The second-order valence-corrected chi connectivity index (χ2v) is 4.31. The van der Waals surface area contributed by atoms with Crippen molar-refractivity contribution in [3.63, 3.8) is 0 Å². The van der Waals surface area contributed by atoms with E-state index in [2.05, 4.69) is 23.6 Å². The summed E-state index contributed by atoms with van der Waals surface area (Å²) in [6.07, 6.45) is 0.532. The van der Waals surface area contributed by atoms with Crippen LogP contribution in [-0.4, -0.2) is 26.1 Å². The number of methoxy groups -OCH3 is 1. The fraction of sp³-hybridized carbons (Fsp3) is 0.462. The lowest BCUT2D eigenvalue weighted by atomic mass is 10.0. The van der Waals surface area contributed by atoms with Crippen LogP contribution in [0.1, 0.15) is 23.6 Å². The third kappa shape index (κ3) is 2.77. The molecule has 1 fully saturated rings. The molecule has 17 heavy (non-hydrogen) atoms. The van der Waals surface area contributed by atoms with Gasteiger partial charge in [-0.1, -0.05) is 17.7 Å². The number of amides is 1. The van der Waals surface area contributed by atoms with Gasteiger partial charge < -0.3 is 15.4 Å². The van der Waals surface area contributed by atoms with Crippen LogP contribution in [0.4, 0.5) is 0 Å². The van der Waals surface area contributed by atoms with Crippen LogP contribution in [0.25, 0.3) is 0 Å². The Morgan fingerprint density at radius 2 is 2.24 bits per heavy atom. The summed E-state index contributed by atoms with van der Waals surface area (Å²) in [6, 6.07) is 6.22. The first-order valence-corrected chi connectivity index (χ1v) is 5.85.